The van der Waals surface area contributed by atoms with Crippen molar-refractivity contribution in [2.24, 2.45) is 0 Å². The zero-order valence-electron chi connectivity index (χ0n) is 9.94. The van der Waals surface area contributed by atoms with Crippen LogP contribution < -0.4 is 5.32 Å². The zero-order chi connectivity index (χ0) is 14.8. The van der Waals surface area contributed by atoms with E-state index in [1.165, 1.54) is 17.6 Å². The first-order valence-electron chi connectivity index (χ1n) is 5.44. The number of anilines is 1. The number of alkyl halides is 3. The zero-order valence-corrected chi connectivity index (χ0v) is 10.8. The molecular formula is C12H9F3N2O2S. The molecule has 0 bridgehead atoms. The molecule has 0 spiro atoms. The average Bonchev–Trinajstić information content (AvgIpc) is 2.84. The maximum atomic E-state index is 12.5. The Hall–Kier alpha value is -2.09. The van der Waals surface area contributed by atoms with E-state index in [0.717, 1.165) is 23.5 Å². The van der Waals surface area contributed by atoms with Gasteiger partial charge in [0.05, 0.1) is 11.1 Å². The number of carbonyl (C=O) groups is 1. The second kappa shape index (κ2) is 5.49. The summed E-state index contributed by atoms with van der Waals surface area (Å²) in [4.78, 5) is 14.5. The lowest BCUT2D eigenvalue weighted by Crippen LogP contribution is -2.08. The topological polar surface area (TPSA) is 62.2 Å². The maximum absolute atomic E-state index is 12.5. The fourth-order valence-corrected chi connectivity index (χ4v) is 2.23. The smallest absolute Gasteiger partial charge is 0.416 e. The standard InChI is InChI=1S/C12H9F3N2O2S/c13-12(14,15)8-3-1-2-7(4-8)5-16-10-9(11(18)19)17-6-20-10/h1-4,6,16H,5H2,(H,18,19). The van der Waals surface area contributed by atoms with Gasteiger partial charge in [-0.15, -0.1) is 11.3 Å². The summed E-state index contributed by atoms with van der Waals surface area (Å²) in [5.74, 6) is -1.18. The number of aromatic carboxylic acids is 1. The molecule has 8 heteroatoms. The van der Waals surface area contributed by atoms with Crippen LogP contribution in [-0.2, 0) is 12.7 Å². The van der Waals surface area contributed by atoms with Crippen molar-refractivity contribution < 1.29 is 23.1 Å². The van der Waals surface area contributed by atoms with Crippen LogP contribution >= 0.6 is 11.3 Å². The quantitative estimate of drug-likeness (QED) is 0.907. The van der Waals surface area contributed by atoms with Crippen molar-refractivity contribution >= 4 is 22.3 Å². The van der Waals surface area contributed by atoms with Crippen LogP contribution in [0.15, 0.2) is 29.8 Å². The molecule has 0 aliphatic carbocycles. The molecule has 1 heterocycles. The van der Waals surface area contributed by atoms with Crippen LogP contribution in [0.25, 0.3) is 0 Å². The van der Waals surface area contributed by atoms with Crippen LogP contribution in [0, 0.1) is 0 Å². The predicted molar refractivity (Wildman–Crippen MR) is 67.8 cm³/mol. The Morgan fingerprint density at radius 3 is 2.80 bits per heavy atom. The Balaban J connectivity index is 2.11. The van der Waals surface area contributed by atoms with Gasteiger partial charge in [0.2, 0.25) is 0 Å². The van der Waals surface area contributed by atoms with E-state index < -0.39 is 17.7 Å². The number of hydrogen-bond acceptors (Lipinski definition) is 4. The number of nitrogens with zero attached hydrogens (tertiary/aromatic N) is 1. The van der Waals surface area contributed by atoms with Gasteiger partial charge in [0.15, 0.2) is 5.69 Å². The number of carboxylic acid groups (broad SMARTS) is 1. The molecule has 4 nitrogen and oxygen atoms in total. The van der Waals surface area contributed by atoms with Gasteiger partial charge in [-0.05, 0) is 17.7 Å². The summed E-state index contributed by atoms with van der Waals surface area (Å²) < 4.78 is 37.6. The van der Waals surface area contributed by atoms with E-state index in [9.17, 15) is 18.0 Å². The van der Waals surface area contributed by atoms with Crippen LogP contribution in [0.4, 0.5) is 18.2 Å². The summed E-state index contributed by atoms with van der Waals surface area (Å²) in [6.07, 6.45) is -4.40. The van der Waals surface area contributed by atoms with Crippen molar-refractivity contribution in [2.45, 2.75) is 12.7 Å². The van der Waals surface area contributed by atoms with Gasteiger partial charge in [0.25, 0.3) is 0 Å². The molecule has 0 fully saturated rings. The Labute approximate surface area is 115 Å². The minimum atomic E-state index is -4.40. The van der Waals surface area contributed by atoms with Gasteiger partial charge >= 0.3 is 12.1 Å². The first-order valence-corrected chi connectivity index (χ1v) is 6.32. The van der Waals surface area contributed by atoms with Crippen molar-refractivity contribution in [3.05, 3.63) is 46.6 Å². The molecule has 0 saturated heterocycles. The molecule has 0 aliphatic rings. The third-order valence-corrected chi connectivity index (χ3v) is 3.26. The molecule has 20 heavy (non-hydrogen) atoms. The highest BCUT2D eigenvalue weighted by Crippen LogP contribution is 2.30. The van der Waals surface area contributed by atoms with Crippen molar-refractivity contribution in [3.8, 4) is 0 Å². The monoisotopic (exact) mass is 302 g/mol. The minimum absolute atomic E-state index is 0.0897. The number of carboxylic acids is 1. The van der Waals surface area contributed by atoms with Crippen molar-refractivity contribution in [2.75, 3.05) is 5.32 Å². The largest absolute Gasteiger partial charge is 0.476 e. The highest BCUT2D eigenvalue weighted by molar-refractivity contribution is 7.14. The van der Waals surface area contributed by atoms with Gasteiger partial charge in [-0.25, -0.2) is 9.78 Å². The van der Waals surface area contributed by atoms with E-state index in [1.807, 2.05) is 0 Å². The molecule has 0 atom stereocenters. The lowest BCUT2D eigenvalue weighted by atomic mass is 10.1. The molecule has 0 unspecified atom stereocenters. The average molecular weight is 302 g/mol. The first-order chi connectivity index (χ1) is 9.38. The summed E-state index contributed by atoms with van der Waals surface area (Å²) in [5, 5.41) is 12.0. The normalized spacial score (nSPS) is 11.3. The number of benzene rings is 1. The Kier molecular flexibility index (Phi) is 3.93. The van der Waals surface area contributed by atoms with Gasteiger partial charge in [0, 0.05) is 6.54 Å². The third-order valence-electron chi connectivity index (χ3n) is 2.48. The van der Waals surface area contributed by atoms with Gasteiger partial charge in [0.1, 0.15) is 5.00 Å². The van der Waals surface area contributed by atoms with Crippen LogP contribution in [0.2, 0.25) is 0 Å². The Bertz CT molecular complexity index is 625. The molecule has 0 amide bonds. The SMILES string of the molecule is O=C(O)c1ncsc1NCc1cccc(C(F)(F)F)c1. The Morgan fingerprint density at radius 2 is 2.15 bits per heavy atom. The molecule has 1 aromatic carbocycles. The molecule has 1 aromatic heterocycles. The first kappa shape index (κ1) is 14.3. The molecule has 106 valence electrons. The van der Waals surface area contributed by atoms with Crippen molar-refractivity contribution in [3.63, 3.8) is 0 Å². The van der Waals surface area contributed by atoms with Gasteiger partial charge in [-0.3, -0.25) is 0 Å². The number of nitrogens with one attached hydrogen (secondary N) is 1. The van der Waals surface area contributed by atoms with Gasteiger partial charge < -0.3 is 10.4 Å². The van der Waals surface area contributed by atoms with E-state index in [0.29, 0.717) is 10.6 Å². The number of hydrogen-bond donors (Lipinski definition) is 2. The predicted octanol–water partition coefficient (Wildman–Crippen LogP) is 3.47. The van der Waals surface area contributed by atoms with Gasteiger partial charge in [-0.1, -0.05) is 12.1 Å². The molecular weight excluding hydrogens is 293 g/mol. The molecule has 0 aliphatic heterocycles. The van der Waals surface area contributed by atoms with Crippen LogP contribution in [0.1, 0.15) is 21.6 Å². The third kappa shape index (κ3) is 3.27. The van der Waals surface area contributed by atoms with E-state index in [1.54, 1.807) is 0 Å². The lowest BCUT2D eigenvalue weighted by Gasteiger charge is -2.09. The van der Waals surface area contributed by atoms with E-state index in [4.69, 9.17) is 5.11 Å². The van der Waals surface area contributed by atoms with Crippen molar-refractivity contribution in [1.29, 1.82) is 0 Å². The summed E-state index contributed by atoms with van der Waals surface area (Å²) in [6.45, 7) is 0.0897. The van der Waals surface area contributed by atoms with Crippen LogP contribution in [0.5, 0.6) is 0 Å². The van der Waals surface area contributed by atoms with Crippen molar-refractivity contribution in [1.82, 2.24) is 4.98 Å². The molecule has 2 rings (SSSR count). The lowest BCUT2D eigenvalue weighted by molar-refractivity contribution is -0.137. The molecule has 2 aromatic rings. The number of aromatic nitrogens is 1. The highest BCUT2D eigenvalue weighted by atomic mass is 32.1. The Morgan fingerprint density at radius 1 is 1.40 bits per heavy atom. The maximum Gasteiger partial charge on any atom is 0.416 e. The minimum Gasteiger partial charge on any atom is -0.476 e. The number of halogens is 3. The molecule has 0 radical (unpaired) electrons. The second-order valence-corrected chi connectivity index (χ2v) is 4.74. The van der Waals surface area contributed by atoms with Crippen LogP contribution in [-0.4, -0.2) is 16.1 Å². The fraction of sp³-hybridized carbons (Fsp3) is 0.167. The summed E-state index contributed by atoms with van der Waals surface area (Å²) in [7, 11) is 0. The fourth-order valence-electron chi connectivity index (χ4n) is 1.56. The highest BCUT2D eigenvalue weighted by Gasteiger charge is 2.30. The summed E-state index contributed by atoms with van der Waals surface area (Å²) in [5.41, 5.74) is 0.892. The summed E-state index contributed by atoms with van der Waals surface area (Å²) in [6, 6.07) is 4.85. The number of rotatable bonds is 4. The molecule has 2 N–H and O–H groups in total. The summed E-state index contributed by atoms with van der Waals surface area (Å²) >= 11 is 1.08. The molecule has 0 saturated carbocycles. The van der Waals surface area contributed by atoms with E-state index in [2.05, 4.69) is 10.3 Å². The number of thiazole rings is 1. The second-order valence-electron chi connectivity index (χ2n) is 3.89. The van der Waals surface area contributed by atoms with Crippen LogP contribution in [0.3, 0.4) is 0 Å². The van der Waals surface area contributed by atoms with E-state index in [-0.39, 0.29) is 12.2 Å². The van der Waals surface area contributed by atoms with E-state index >= 15 is 0 Å². The van der Waals surface area contributed by atoms with Gasteiger partial charge in [-0.2, -0.15) is 13.2 Å².